The van der Waals surface area contributed by atoms with Crippen LogP contribution in [0.15, 0.2) is 0 Å². The number of rotatable bonds is 12. The summed E-state index contributed by atoms with van der Waals surface area (Å²) in [6, 6.07) is 0. The van der Waals surface area contributed by atoms with E-state index in [0.29, 0.717) is 5.78 Å². The monoisotopic (exact) mass is 308 g/mol. The Morgan fingerprint density at radius 1 is 0.909 bits per heavy atom. The van der Waals surface area contributed by atoms with Gasteiger partial charge in [-0.25, -0.2) is 0 Å². The van der Waals surface area contributed by atoms with Crippen LogP contribution in [0.25, 0.3) is 0 Å². The lowest BCUT2D eigenvalue weighted by molar-refractivity contribution is -0.122. The highest BCUT2D eigenvalue weighted by Crippen LogP contribution is 2.43. The van der Waals surface area contributed by atoms with Gasteiger partial charge in [0.15, 0.2) is 0 Å². The predicted octanol–water partition coefficient (Wildman–Crippen LogP) is 7.08. The summed E-state index contributed by atoms with van der Waals surface area (Å²) in [5.74, 6) is 1.33. The second-order valence-electron chi connectivity index (χ2n) is 7.93. The van der Waals surface area contributed by atoms with Gasteiger partial charge >= 0.3 is 0 Å². The summed E-state index contributed by atoms with van der Waals surface area (Å²) in [5, 5.41) is 0. The van der Waals surface area contributed by atoms with E-state index < -0.39 is 0 Å². The maximum Gasteiger partial charge on any atom is 0.133 e. The molecule has 1 nitrogen and oxygen atoms in total. The summed E-state index contributed by atoms with van der Waals surface area (Å²) in [4.78, 5) is 12.4. The lowest BCUT2D eigenvalue weighted by Gasteiger charge is -2.39. The molecule has 1 unspecified atom stereocenters. The largest absolute Gasteiger partial charge is 0.300 e. The Labute approximate surface area is 139 Å². The second-order valence-corrected chi connectivity index (χ2v) is 7.93. The van der Waals surface area contributed by atoms with E-state index in [2.05, 4.69) is 20.8 Å². The molecule has 0 amide bonds. The zero-order valence-electron chi connectivity index (χ0n) is 15.6. The average Bonchev–Trinajstić information content (AvgIpc) is 2.54. The number of unbranched alkanes of at least 4 members (excludes halogenated alkanes) is 6. The summed E-state index contributed by atoms with van der Waals surface area (Å²) in [6.45, 7) is 6.93. The van der Waals surface area contributed by atoms with Crippen molar-refractivity contribution in [3.63, 3.8) is 0 Å². The van der Waals surface area contributed by atoms with E-state index in [9.17, 15) is 4.79 Å². The van der Waals surface area contributed by atoms with Gasteiger partial charge in [0.25, 0.3) is 0 Å². The number of hydrogen-bond acceptors (Lipinski definition) is 1. The van der Waals surface area contributed by atoms with Crippen molar-refractivity contribution in [2.24, 2.45) is 11.3 Å². The molecule has 0 bridgehead atoms. The molecule has 0 radical (unpaired) electrons. The Kier molecular flexibility index (Phi) is 10.1. The molecule has 0 aromatic rings. The highest BCUT2D eigenvalue weighted by Gasteiger charge is 2.34. The molecule has 0 aromatic carbocycles. The lowest BCUT2D eigenvalue weighted by atomic mass is 9.66. The van der Waals surface area contributed by atoms with Crippen molar-refractivity contribution in [1.29, 1.82) is 0 Å². The minimum absolute atomic E-state index is 0.276. The van der Waals surface area contributed by atoms with Crippen molar-refractivity contribution in [3.05, 3.63) is 0 Å². The van der Waals surface area contributed by atoms with Gasteiger partial charge in [-0.1, -0.05) is 85.0 Å². The normalized spacial score (nSPS) is 19.0. The van der Waals surface area contributed by atoms with Crippen LogP contribution in [0.2, 0.25) is 0 Å². The van der Waals surface area contributed by atoms with Crippen LogP contribution in [-0.4, -0.2) is 5.78 Å². The van der Waals surface area contributed by atoms with Crippen molar-refractivity contribution in [1.82, 2.24) is 0 Å². The Morgan fingerprint density at radius 3 is 2.09 bits per heavy atom. The zero-order valence-corrected chi connectivity index (χ0v) is 15.6. The lowest BCUT2D eigenvalue weighted by Crippen LogP contribution is -2.31. The maximum atomic E-state index is 12.4. The summed E-state index contributed by atoms with van der Waals surface area (Å²) in [6.07, 6.45) is 18.8. The molecule has 1 aliphatic carbocycles. The van der Waals surface area contributed by atoms with Crippen LogP contribution in [-0.2, 0) is 4.79 Å². The highest BCUT2D eigenvalue weighted by atomic mass is 16.1. The fraction of sp³-hybridized carbons (Fsp3) is 0.952. The van der Waals surface area contributed by atoms with Crippen molar-refractivity contribution < 1.29 is 4.79 Å². The van der Waals surface area contributed by atoms with Gasteiger partial charge in [-0.15, -0.1) is 0 Å². The van der Waals surface area contributed by atoms with Crippen molar-refractivity contribution in [3.8, 4) is 0 Å². The van der Waals surface area contributed by atoms with E-state index in [0.717, 1.165) is 25.2 Å². The molecule has 0 aromatic heterocycles. The Morgan fingerprint density at radius 2 is 1.50 bits per heavy atom. The number of Topliss-reactive ketones (excluding diaryl/α,β-unsaturated/α-hetero) is 1. The molecule has 0 heterocycles. The fourth-order valence-corrected chi connectivity index (χ4v) is 4.18. The minimum atomic E-state index is 0.276. The van der Waals surface area contributed by atoms with E-state index >= 15 is 0 Å². The Bertz CT molecular complexity index is 290. The molecule has 1 rings (SSSR count). The SMILES string of the molecule is CCCCCCCCCC(=O)CC(C)(CC)C1CCCCC1. The van der Waals surface area contributed by atoms with E-state index in [4.69, 9.17) is 0 Å². The van der Waals surface area contributed by atoms with Crippen LogP contribution in [0.5, 0.6) is 0 Å². The zero-order chi connectivity index (χ0) is 16.3. The quantitative estimate of drug-likeness (QED) is 0.352. The van der Waals surface area contributed by atoms with Gasteiger partial charge in [0.2, 0.25) is 0 Å². The molecular formula is C21H40O. The van der Waals surface area contributed by atoms with Gasteiger partial charge in [-0.2, -0.15) is 0 Å². The van der Waals surface area contributed by atoms with Gasteiger partial charge in [0.1, 0.15) is 5.78 Å². The first-order valence-electron chi connectivity index (χ1n) is 10.1. The maximum absolute atomic E-state index is 12.4. The molecule has 1 fully saturated rings. The minimum Gasteiger partial charge on any atom is -0.300 e. The second kappa shape index (κ2) is 11.2. The summed E-state index contributed by atoms with van der Waals surface area (Å²) in [5.41, 5.74) is 0.276. The van der Waals surface area contributed by atoms with E-state index in [1.54, 1.807) is 0 Å². The average molecular weight is 309 g/mol. The molecule has 0 saturated heterocycles. The van der Waals surface area contributed by atoms with Crippen LogP contribution in [0.4, 0.5) is 0 Å². The molecule has 1 heteroatoms. The van der Waals surface area contributed by atoms with Crippen LogP contribution >= 0.6 is 0 Å². The van der Waals surface area contributed by atoms with Crippen LogP contribution in [0.1, 0.15) is 117 Å². The third-order valence-electron chi connectivity index (χ3n) is 6.06. The summed E-state index contributed by atoms with van der Waals surface area (Å²) in [7, 11) is 0. The Balaban J connectivity index is 2.20. The third-order valence-corrected chi connectivity index (χ3v) is 6.06. The summed E-state index contributed by atoms with van der Waals surface area (Å²) >= 11 is 0. The van der Waals surface area contributed by atoms with Crippen molar-refractivity contribution >= 4 is 5.78 Å². The highest BCUT2D eigenvalue weighted by molar-refractivity contribution is 5.79. The van der Waals surface area contributed by atoms with Gasteiger partial charge in [-0.3, -0.25) is 4.79 Å². The van der Waals surface area contributed by atoms with Gasteiger partial charge in [-0.05, 0) is 30.6 Å². The summed E-state index contributed by atoms with van der Waals surface area (Å²) < 4.78 is 0. The predicted molar refractivity (Wildman–Crippen MR) is 97.2 cm³/mol. The molecule has 0 N–H and O–H groups in total. The standard InChI is InChI=1S/C21H40O/c1-4-6-7-8-9-10-14-17-20(22)18-21(3,5-2)19-15-12-11-13-16-19/h19H,4-18H2,1-3H3. The van der Waals surface area contributed by atoms with Crippen LogP contribution in [0, 0.1) is 11.3 Å². The Hall–Kier alpha value is -0.330. The molecule has 130 valence electrons. The van der Waals surface area contributed by atoms with Crippen molar-refractivity contribution in [2.45, 2.75) is 117 Å². The molecule has 1 atom stereocenters. The van der Waals surface area contributed by atoms with E-state index in [1.807, 2.05) is 0 Å². The number of hydrogen-bond donors (Lipinski definition) is 0. The number of ketones is 1. The molecular weight excluding hydrogens is 268 g/mol. The third kappa shape index (κ3) is 7.29. The molecule has 1 aliphatic rings. The molecule has 0 aliphatic heterocycles. The molecule has 22 heavy (non-hydrogen) atoms. The molecule has 1 saturated carbocycles. The van der Waals surface area contributed by atoms with E-state index in [-0.39, 0.29) is 5.41 Å². The smallest absolute Gasteiger partial charge is 0.133 e. The first kappa shape index (κ1) is 19.7. The van der Waals surface area contributed by atoms with Crippen LogP contribution in [0.3, 0.4) is 0 Å². The molecule has 0 spiro atoms. The van der Waals surface area contributed by atoms with Gasteiger partial charge < -0.3 is 0 Å². The first-order valence-corrected chi connectivity index (χ1v) is 10.1. The van der Waals surface area contributed by atoms with Crippen molar-refractivity contribution in [2.75, 3.05) is 0 Å². The van der Waals surface area contributed by atoms with Gasteiger partial charge in [0.05, 0.1) is 0 Å². The number of carbonyl (C=O) groups excluding carboxylic acids is 1. The van der Waals surface area contributed by atoms with Gasteiger partial charge in [0, 0.05) is 12.8 Å². The first-order chi connectivity index (χ1) is 10.6. The van der Waals surface area contributed by atoms with E-state index in [1.165, 1.54) is 77.0 Å². The fourth-order valence-electron chi connectivity index (χ4n) is 4.18. The topological polar surface area (TPSA) is 17.1 Å². The number of carbonyl (C=O) groups is 1. The van der Waals surface area contributed by atoms with Crippen LogP contribution < -0.4 is 0 Å².